The number of nitrogens with two attached hydrogens (primary N) is 1. The van der Waals surface area contributed by atoms with Crippen molar-refractivity contribution >= 4 is 28.3 Å². The van der Waals surface area contributed by atoms with Crippen molar-refractivity contribution in [1.29, 1.82) is 0 Å². The Morgan fingerprint density at radius 3 is 2.71 bits per heavy atom. The standard InChI is InChI=1S/C13H16BrNO.ClH/c14-10-2-1-9-8-13(16-12(9)7-10)5-3-11(15)4-6-13;/h1-2,7,11H,3-6,8,15H2;1H. The molecule has 1 spiro atoms. The van der Waals surface area contributed by atoms with Gasteiger partial charge in [-0.15, -0.1) is 12.4 Å². The molecule has 0 amide bonds. The van der Waals surface area contributed by atoms with E-state index < -0.39 is 0 Å². The molecule has 2 aliphatic rings. The summed E-state index contributed by atoms with van der Waals surface area (Å²) in [6.45, 7) is 0. The Labute approximate surface area is 116 Å². The summed E-state index contributed by atoms with van der Waals surface area (Å²) in [5.74, 6) is 1.06. The van der Waals surface area contributed by atoms with Crippen molar-refractivity contribution in [1.82, 2.24) is 0 Å². The van der Waals surface area contributed by atoms with Crippen LogP contribution in [-0.4, -0.2) is 11.6 Å². The predicted molar refractivity (Wildman–Crippen MR) is 74.9 cm³/mol. The lowest BCUT2D eigenvalue weighted by Crippen LogP contribution is -2.42. The SMILES string of the molecule is Cl.NC1CCC2(CC1)Cc1ccc(Br)cc1O2. The van der Waals surface area contributed by atoms with Crippen LogP contribution in [0, 0.1) is 0 Å². The Morgan fingerprint density at radius 1 is 1.29 bits per heavy atom. The zero-order valence-corrected chi connectivity index (χ0v) is 12.0. The summed E-state index contributed by atoms with van der Waals surface area (Å²) in [6.07, 6.45) is 5.44. The first-order chi connectivity index (χ1) is 7.67. The number of halogens is 2. The van der Waals surface area contributed by atoms with E-state index in [2.05, 4.69) is 34.1 Å². The van der Waals surface area contributed by atoms with Crippen LogP contribution in [0.4, 0.5) is 0 Å². The van der Waals surface area contributed by atoms with E-state index in [1.165, 1.54) is 5.56 Å². The molecule has 1 saturated carbocycles. The molecule has 1 aromatic rings. The first-order valence-corrected chi connectivity index (χ1v) is 6.69. The Balaban J connectivity index is 0.00000108. The summed E-state index contributed by atoms with van der Waals surface area (Å²) in [5.41, 5.74) is 7.35. The van der Waals surface area contributed by atoms with Crippen molar-refractivity contribution in [2.75, 3.05) is 0 Å². The Morgan fingerprint density at radius 2 is 2.00 bits per heavy atom. The lowest BCUT2D eigenvalue weighted by molar-refractivity contribution is 0.0474. The highest BCUT2D eigenvalue weighted by atomic mass is 79.9. The lowest BCUT2D eigenvalue weighted by atomic mass is 9.80. The molecule has 0 unspecified atom stereocenters. The van der Waals surface area contributed by atoms with E-state index in [1.54, 1.807) is 0 Å². The van der Waals surface area contributed by atoms with Gasteiger partial charge in [-0.1, -0.05) is 22.0 Å². The van der Waals surface area contributed by atoms with Gasteiger partial charge in [0.1, 0.15) is 11.4 Å². The highest BCUT2D eigenvalue weighted by Crippen LogP contribution is 2.43. The van der Waals surface area contributed by atoms with Crippen molar-refractivity contribution in [2.45, 2.75) is 43.7 Å². The number of benzene rings is 1. The fourth-order valence-electron chi connectivity index (χ4n) is 2.83. The van der Waals surface area contributed by atoms with Crippen LogP contribution in [0.2, 0.25) is 0 Å². The van der Waals surface area contributed by atoms with Gasteiger partial charge in [0.15, 0.2) is 0 Å². The number of ether oxygens (including phenoxy) is 1. The maximum Gasteiger partial charge on any atom is 0.124 e. The average molecular weight is 319 g/mol. The summed E-state index contributed by atoms with van der Waals surface area (Å²) >= 11 is 3.49. The first-order valence-electron chi connectivity index (χ1n) is 5.90. The average Bonchev–Trinajstić information content (AvgIpc) is 2.60. The van der Waals surface area contributed by atoms with Gasteiger partial charge >= 0.3 is 0 Å². The molecule has 3 rings (SSSR count). The van der Waals surface area contributed by atoms with E-state index >= 15 is 0 Å². The second-order valence-corrected chi connectivity index (χ2v) is 5.97. The van der Waals surface area contributed by atoms with Gasteiger partial charge in [-0.3, -0.25) is 0 Å². The number of rotatable bonds is 0. The van der Waals surface area contributed by atoms with Gasteiger partial charge in [-0.25, -0.2) is 0 Å². The molecule has 0 aromatic heterocycles. The van der Waals surface area contributed by atoms with Crippen LogP contribution in [-0.2, 0) is 6.42 Å². The minimum Gasteiger partial charge on any atom is -0.487 e. The van der Waals surface area contributed by atoms with Crippen molar-refractivity contribution in [3.63, 3.8) is 0 Å². The first kappa shape index (κ1) is 13.2. The van der Waals surface area contributed by atoms with Gasteiger partial charge in [0.25, 0.3) is 0 Å². The van der Waals surface area contributed by atoms with E-state index in [1.807, 2.05) is 0 Å². The molecule has 0 bridgehead atoms. The van der Waals surface area contributed by atoms with E-state index in [0.29, 0.717) is 6.04 Å². The minimum atomic E-state index is 0. The van der Waals surface area contributed by atoms with Crippen LogP contribution >= 0.6 is 28.3 Å². The van der Waals surface area contributed by atoms with E-state index in [4.69, 9.17) is 10.5 Å². The van der Waals surface area contributed by atoms with Crippen molar-refractivity contribution in [3.05, 3.63) is 28.2 Å². The number of fused-ring (bicyclic) bond motifs is 1. The molecule has 1 aliphatic carbocycles. The fourth-order valence-corrected chi connectivity index (χ4v) is 3.17. The topological polar surface area (TPSA) is 35.2 Å². The molecule has 2 nitrogen and oxygen atoms in total. The molecule has 1 heterocycles. The third-order valence-electron chi connectivity index (χ3n) is 3.81. The lowest BCUT2D eigenvalue weighted by Gasteiger charge is -2.35. The molecule has 2 N–H and O–H groups in total. The van der Waals surface area contributed by atoms with Gasteiger partial charge in [0.05, 0.1) is 0 Å². The molecule has 1 aromatic carbocycles. The fraction of sp³-hybridized carbons (Fsp3) is 0.538. The van der Waals surface area contributed by atoms with E-state index in [9.17, 15) is 0 Å². The van der Waals surface area contributed by atoms with E-state index in [0.717, 1.165) is 42.3 Å². The molecule has 4 heteroatoms. The molecular formula is C13H17BrClNO. The number of hydrogen-bond donors (Lipinski definition) is 1. The molecule has 1 fully saturated rings. The van der Waals surface area contributed by atoms with Gasteiger partial charge in [-0.2, -0.15) is 0 Å². The molecule has 0 radical (unpaired) electrons. The normalized spacial score (nSPS) is 30.6. The van der Waals surface area contributed by atoms with Crippen molar-refractivity contribution < 1.29 is 4.74 Å². The summed E-state index contributed by atoms with van der Waals surface area (Å²) in [4.78, 5) is 0. The summed E-state index contributed by atoms with van der Waals surface area (Å²) in [6, 6.07) is 6.72. The minimum absolute atomic E-state index is 0. The zero-order valence-electron chi connectivity index (χ0n) is 9.62. The Kier molecular flexibility index (Phi) is 3.71. The zero-order chi connectivity index (χ0) is 11.2. The summed E-state index contributed by atoms with van der Waals surface area (Å²) in [5, 5.41) is 0. The monoisotopic (exact) mass is 317 g/mol. The maximum absolute atomic E-state index is 6.18. The summed E-state index contributed by atoms with van der Waals surface area (Å²) < 4.78 is 7.27. The van der Waals surface area contributed by atoms with Gasteiger partial charge < -0.3 is 10.5 Å². The largest absolute Gasteiger partial charge is 0.487 e. The van der Waals surface area contributed by atoms with Gasteiger partial charge in [-0.05, 0) is 43.4 Å². The van der Waals surface area contributed by atoms with Crippen LogP contribution in [0.1, 0.15) is 31.2 Å². The second kappa shape index (κ2) is 4.79. The number of hydrogen-bond acceptors (Lipinski definition) is 2. The van der Waals surface area contributed by atoms with Crippen LogP contribution in [0.5, 0.6) is 5.75 Å². The predicted octanol–water partition coefficient (Wildman–Crippen LogP) is 3.45. The van der Waals surface area contributed by atoms with Crippen molar-refractivity contribution in [2.24, 2.45) is 5.73 Å². The van der Waals surface area contributed by atoms with Crippen LogP contribution < -0.4 is 10.5 Å². The second-order valence-electron chi connectivity index (χ2n) is 5.05. The quantitative estimate of drug-likeness (QED) is 0.795. The molecule has 0 saturated heterocycles. The molecule has 0 atom stereocenters. The van der Waals surface area contributed by atoms with E-state index in [-0.39, 0.29) is 18.0 Å². The highest BCUT2D eigenvalue weighted by Gasteiger charge is 2.41. The van der Waals surface area contributed by atoms with Crippen LogP contribution in [0.3, 0.4) is 0 Å². The third kappa shape index (κ3) is 2.47. The highest BCUT2D eigenvalue weighted by molar-refractivity contribution is 9.10. The molecule has 94 valence electrons. The Bertz CT molecular complexity index is 416. The molecule has 17 heavy (non-hydrogen) atoms. The van der Waals surface area contributed by atoms with Gasteiger partial charge in [0.2, 0.25) is 0 Å². The molecular weight excluding hydrogens is 302 g/mol. The van der Waals surface area contributed by atoms with Crippen LogP contribution in [0.25, 0.3) is 0 Å². The van der Waals surface area contributed by atoms with Crippen molar-refractivity contribution in [3.8, 4) is 5.75 Å². The smallest absolute Gasteiger partial charge is 0.124 e. The maximum atomic E-state index is 6.18. The Hall–Kier alpha value is -0.250. The molecule has 1 aliphatic heterocycles. The third-order valence-corrected chi connectivity index (χ3v) is 4.30. The van der Waals surface area contributed by atoms with Gasteiger partial charge in [0, 0.05) is 16.9 Å². The summed E-state index contributed by atoms with van der Waals surface area (Å²) in [7, 11) is 0. The van der Waals surface area contributed by atoms with Crippen LogP contribution in [0.15, 0.2) is 22.7 Å².